The molecule has 1 heterocycles. The third-order valence-corrected chi connectivity index (χ3v) is 5.55. The van der Waals surface area contributed by atoms with Gasteiger partial charge in [0.05, 0.1) is 11.4 Å². The molecule has 7 heteroatoms. The molecule has 104 valence electrons. The maximum atomic E-state index is 11.9. The summed E-state index contributed by atoms with van der Waals surface area (Å²) >= 11 is 0. The van der Waals surface area contributed by atoms with E-state index in [2.05, 4.69) is 4.72 Å². The lowest BCUT2D eigenvalue weighted by atomic mass is 10.2. The molecule has 2 fully saturated rings. The molecule has 18 heavy (non-hydrogen) atoms. The van der Waals surface area contributed by atoms with Gasteiger partial charge in [0.15, 0.2) is 6.10 Å². The molecule has 0 aromatic heterocycles. The number of nitrogens with one attached hydrogen (secondary N) is 1. The summed E-state index contributed by atoms with van der Waals surface area (Å²) in [4.78, 5) is 10.7. The predicted octanol–water partition coefficient (Wildman–Crippen LogP) is 0.481. The zero-order valence-electron chi connectivity index (χ0n) is 10.2. The summed E-state index contributed by atoms with van der Waals surface area (Å²) in [5.74, 6) is -0.976. The minimum Gasteiger partial charge on any atom is -0.479 e. The van der Waals surface area contributed by atoms with Gasteiger partial charge in [-0.25, -0.2) is 17.9 Å². The van der Waals surface area contributed by atoms with E-state index < -0.39 is 22.1 Å². The maximum Gasteiger partial charge on any atom is 0.332 e. The fourth-order valence-electron chi connectivity index (χ4n) is 2.56. The van der Waals surface area contributed by atoms with Crippen molar-refractivity contribution >= 4 is 16.0 Å². The van der Waals surface area contributed by atoms with E-state index in [-0.39, 0.29) is 17.9 Å². The number of ether oxygens (including phenoxy) is 1. The molecule has 0 bridgehead atoms. The van der Waals surface area contributed by atoms with Crippen LogP contribution in [0.4, 0.5) is 0 Å². The topological polar surface area (TPSA) is 92.7 Å². The van der Waals surface area contributed by atoms with Gasteiger partial charge in [-0.05, 0) is 25.7 Å². The fraction of sp³-hybridized carbons (Fsp3) is 0.909. The molecule has 0 aromatic carbocycles. The zero-order valence-corrected chi connectivity index (χ0v) is 11.0. The summed E-state index contributed by atoms with van der Waals surface area (Å²) in [5.41, 5.74) is 0. The lowest BCUT2D eigenvalue weighted by Gasteiger charge is -2.15. The lowest BCUT2D eigenvalue weighted by Crippen LogP contribution is -2.38. The van der Waals surface area contributed by atoms with E-state index in [1.165, 1.54) is 0 Å². The van der Waals surface area contributed by atoms with Crippen molar-refractivity contribution in [3.63, 3.8) is 0 Å². The molecule has 2 atom stereocenters. The minimum absolute atomic E-state index is 0.183. The monoisotopic (exact) mass is 277 g/mol. The molecule has 0 aromatic rings. The Balaban J connectivity index is 1.80. The summed E-state index contributed by atoms with van der Waals surface area (Å²) in [5, 5.41) is 8.48. The second kappa shape index (κ2) is 5.54. The van der Waals surface area contributed by atoms with Gasteiger partial charge in [-0.15, -0.1) is 0 Å². The second-order valence-corrected chi connectivity index (χ2v) is 7.01. The first-order chi connectivity index (χ1) is 8.49. The number of hydrogen-bond acceptors (Lipinski definition) is 4. The van der Waals surface area contributed by atoms with E-state index in [0.717, 1.165) is 25.7 Å². The van der Waals surface area contributed by atoms with Crippen LogP contribution in [0.3, 0.4) is 0 Å². The molecule has 6 nitrogen and oxygen atoms in total. The molecule has 2 aliphatic rings. The SMILES string of the molecule is O=C(O)C1CCC(CNS(=O)(=O)C2CCCC2)O1. The largest absolute Gasteiger partial charge is 0.479 e. The number of carbonyl (C=O) groups is 1. The van der Waals surface area contributed by atoms with Crippen molar-refractivity contribution in [1.29, 1.82) is 0 Å². The Bertz CT molecular complexity index is 402. The first kappa shape index (κ1) is 13.8. The van der Waals surface area contributed by atoms with Crippen LogP contribution >= 0.6 is 0 Å². The maximum absolute atomic E-state index is 11.9. The van der Waals surface area contributed by atoms with Crippen molar-refractivity contribution in [1.82, 2.24) is 4.72 Å². The van der Waals surface area contributed by atoms with Crippen LogP contribution in [0.5, 0.6) is 0 Å². The fourth-order valence-corrected chi connectivity index (χ4v) is 4.17. The summed E-state index contributed by atoms with van der Waals surface area (Å²) in [7, 11) is -3.26. The quantitative estimate of drug-likeness (QED) is 0.762. The molecule has 1 aliphatic heterocycles. The van der Waals surface area contributed by atoms with Crippen LogP contribution < -0.4 is 4.72 Å². The molecule has 0 radical (unpaired) electrons. The van der Waals surface area contributed by atoms with Crippen molar-refractivity contribution in [3.05, 3.63) is 0 Å². The van der Waals surface area contributed by atoms with Crippen LogP contribution in [0.15, 0.2) is 0 Å². The highest BCUT2D eigenvalue weighted by atomic mass is 32.2. The van der Waals surface area contributed by atoms with Gasteiger partial charge in [-0.1, -0.05) is 12.8 Å². The Labute approximate surface area is 107 Å². The highest BCUT2D eigenvalue weighted by Crippen LogP contribution is 2.24. The minimum atomic E-state index is -3.26. The lowest BCUT2D eigenvalue weighted by molar-refractivity contribution is -0.149. The molecule has 1 saturated heterocycles. The van der Waals surface area contributed by atoms with Gasteiger partial charge in [0.2, 0.25) is 10.0 Å². The van der Waals surface area contributed by atoms with Crippen molar-refractivity contribution < 1.29 is 23.1 Å². The molecular formula is C11H19NO5S. The van der Waals surface area contributed by atoms with Gasteiger partial charge in [-0.2, -0.15) is 0 Å². The third-order valence-electron chi connectivity index (χ3n) is 3.64. The molecule has 2 unspecified atom stereocenters. The van der Waals surface area contributed by atoms with Crippen LogP contribution in [0.1, 0.15) is 38.5 Å². The van der Waals surface area contributed by atoms with Gasteiger partial charge in [0.1, 0.15) is 0 Å². The summed E-state index contributed by atoms with van der Waals surface area (Å²) in [6, 6.07) is 0. The average molecular weight is 277 g/mol. The van der Waals surface area contributed by atoms with Crippen molar-refractivity contribution in [2.75, 3.05) is 6.54 Å². The normalized spacial score (nSPS) is 29.8. The Hall–Kier alpha value is -0.660. The first-order valence-corrected chi connectivity index (χ1v) is 7.90. The van der Waals surface area contributed by atoms with Crippen molar-refractivity contribution in [2.45, 2.75) is 56.0 Å². The molecule has 1 aliphatic carbocycles. The highest BCUT2D eigenvalue weighted by molar-refractivity contribution is 7.90. The summed E-state index contributed by atoms with van der Waals surface area (Å²) < 4.78 is 31.7. The molecule has 0 spiro atoms. The standard InChI is InChI=1S/C11H19NO5S/c13-11(14)10-6-5-8(17-10)7-12-18(15,16)9-3-1-2-4-9/h8-10,12H,1-7H2,(H,13,14). The number of hydrogen-bond donors (Lipinski definition) is 2. The third kappa shape index (κ3) is 3.21. The molecule has 0 amide bonds. The number of carboxylic acid groups (broad SMARTS) is 1. The van der Waals surface area contributed by atoms with Gasteiger partial charge < -0.3 is 9.84 Å². The van der Waals surface area contributed by atoms with E-state index in [4.69, 9.17) is 9.84 Å². The van der Waals surface area contributed by atoms with Crippen LogP contribution in [-0.4, -0.2) is 43.5 Å². The Kier molecular flexibility index (Phi) is 4.24. The van der Waals surface area contributed by atoms with E-state index in [1.54, 1.807) is 0 Å². The number of rotatable bonds is 5. The second-order valence-electron chi connectivity index (χ2n) is 4.96. The summed E-state index contributed by atoms with van der Waals surface area (Å²) in [6.07, 6.45) is 3.30. The molecule has 1 saturated carbocycles. The Morgan fingerprint density at radius 2 is 1.89 bits per heavy atom. The summed E-state index contributed by atoms with van der Waals surface area (Å²) in [6.45, 7) is 0.183. The van der Waals surface area contributed by atoms with Crippen molar-refractivity contribution in [3.8, 4) is 0 Å². The van der Waals surface area contributed by atoms with E-state index >= 15 is 0 Å². The highest BCUT2D eigenvalue weighted by Gasteiger charge is 2.33. The smallest absolute Gasteiger partial charge is 0.332 e. The number of sulfonamides is 1. The molecular weight excluding hydrogens is 258 g/mol. The zero-order chi connectivity index (χ0) is 13.2. The van der Waals surface area contributed by atoms with Crippen LogP contribution in [-0.2, 0) is 19.6 Å². The van der Waals surface area contributed by atoms with Gasteiger partial charge >= 0.3 is 5.97 Å². The Morgan fingerprint density at radius 3 is 2.44 bits per heavy atom. The van der Waals surface area contributed by atoms with E-state index in [0.29, 0.717) is 12.8 Å². The average Bonchev–Trinajstić information content (AvgIpc) is 2.98. The van der Waals surface area contributed by atoms with Crippen LogP contribution in [0.25, 0.3) is 0 Å². The Morgan fingerprint density at radius 1 is 1.22 bits per heavy atom. The van der Waals surface area contributed by atoms with E-state index in [9.17, 15) is 13.2 Å². The first-order valence-electron chi connectivity index (χ1n) is 6.36. The molecule has 2 rings (SSSR count). The van der Waals surface area contributed by atoms with Crippen LogP contribution in [0.2, 0.25) is 0 Å². The van der Waals surface area contributed by atoms with Crippen LogP contribution in [0, 0.1) is 0 Å². The number of aliphatic carboxylic acids is 1. The van der Waals surface area contributed by atoms with Crippen molar-refractivity contribution in [2.24, 2.45) is 0 Å². The molecule has 2 N–H and O–H groups in total. The van der Waals surface area contributed by atoms with E-state index in [1.807, 2.05) is 0 Å². The van der Waals surface area contributed by atoms with Gasteiger partial charge in [0.25, 0.3) is 0 Å². The number of carboxylic acids is 1. The predicted molar refractivity (Wildman–Crippen MR) is 64.7 cm³/mol. The van der Waals surface area contributed by atoms with Gasteiger partial charge in [-0.3, -0.25) is 0 Å². The van der Waals surface area contributed by atoms with Gasteiger partial charge in [0, 0.05) is 6.54 Å².